The highest BCUT2D eigenvalue weighted by Crippen LogP contribution is 2.35. The second kappa shape index (κ2) is 10.2. The zero-order valence-electron chi connectivity index (χ0n) is 20.9. The molecule has 1 unspecified atom stereocenters. The zero-order chi connectivity index (χ0) is 25.9. The molecule has 8 heteroatoms. The molecule has 0 aliphatic rings. The number of pyridine rings is 1. The molecule has 0 radical (unpaired) electrons. The second-order valence-electron chi connectivity index (χ2n) is 8.65. The van der Waals surface area contributed by atoms with E-state index in [0.29, 0.717) is 23.0 Å². The number of nitrogen functional groups attached to an aromatic ring is 1. The number of fused-ring (bicyclic) bond motifs is 1. The summed E-state index contributed by atoms with van der Waals surface area (Å²) in [6, 6.07) is 18.3. The first-order valence-corrected chi connectivity index (χ1v) is 12.0. The summed E-state index contributed by atoms with van der Waals surface area (Å²) in [5.41, 5.74) is 9.80. The van der Waals surface area contributed by atoms with Crippen molar-refractivity contribution in [2.75, 3.05) is 25.3 Å². The largest absolute Gasteiger partial charge is 0.496 e. The number of aromatic amines is 1. The maximum Gasteiger partial charge on any atom is 0.170 e. The molecule has 188 valence electrons. The number of imidazole rings is 1. The third-order valence-electron chi connectivity index (χ3n) is 6.44. The summed E-state index contributed by atoms with van der Waals surface area (Å²) in [4.78, 5) is 12.2. The molecule has 2 heterocycles. The van der Waals surface area contributed by atoms with Gasteiger partial charge in [0.1, 0.15) is 23.4 Å². The Balaban J connectivity index is 1.63. The smallest absolute Gasteiger partial charge is 0.170 e. The molecular weight excluding hydrogens is 469 g/mol. The van der Waals surface area contributed by atoms with Crippen molar-refractivity contribution in [1.82, 2.24) is 15.0 Å². The fourth-order valence-corrected chi connectivity index (χ4v) is 4.48. The van der Waals surface area contributed by atoms with Gasteiger partial charge in [0.25, 0.3) is 0 Å². The van der Waals surface area contributed by atoms with Gasteiger partial charge in [-0.2, -0.15) is 0 Å². The Morgan fingerprint density at radius 3 is 2.59 bits per heavy atom. The molecule has 5 aromatic rings. The fraction of sp³-hybridized carbons (Fsp3) is 0.172. The molecule has 2 aromatic heterocycles. The van der Waals surface area contributed by atoms with E-state index in [1.807, 2.05) is 61.5 Å². The lowest BCUT2D eigenvalue weighted by atomic mass is 9.99. The van der Waals surface area contributed by atoms with Crippen molar-refractivity contribution in [3.05, 3.63) is 95.8 Å². The zero-order valence-corrected chi connectivity index (χ0v) is 20.9. The van der Waals surface area contributed by atoms with E-state index in [4.69, 9.17) is 15.2 Å². The second-order valence-corrected chi connectivity index (χ2v) is 8.65. The predicted molar refractivity (Wildman–Crippen MR) is 145 cm³/mol. The van der Waals surface area contributed by atoms with E-state index in [0.717, 1.165) is 39.7 Å². The first kappa shape index (κ1) is 24.1. The number of hydrogen-bond donors (Lipinski definition) is 3. The van der Waals surface area contributed by atoms with Gasteiger partial charge in [-0.1, -0.05) is 25.1 Å². The number of nitrogens with one attached hydrogen (secondary N) is 2. The molecule has 0 spiro atoms. The Labute approximate surface area is 214 Å². The first-order valence-electron chi connectivity index (χ1n) is 12.0. The standard InChI is InChI=1S/C29H28FN5O2/c1-4-17-13-22(26(30)25(14-17)37-3)27(34-19-9-10-20-18(15-19)11-12-32-28(20)31)29-33-16-23(35-29)21-7-5-6-8-24(21)36-2/h5-16,27,34H,4H2,1-3H3,(H2,31,32)(H,33,35). The van der Waals surface area contributed by atoms with E-state index in [-0.39, 0.29) is 5.75 Å². The lowest BCUT2D eigenvalue weighted by Crippen LogP contribution is -2.16. The predicted octanol–water partition coefficient (Wildman–Crippen LogP) is 6.13. The van der Waals surface area contributed by atoms with Gasteiger partial charge >= 0.3 is 0 Å². The molecule has 0 saturated heterocycles. The number of benzene rings is 3. The van der Waals surface area contributed by atoms with Gasteiger partial charge in [-0.25, -0.2) is 14.4 Å². The summed E-state index contributed by atoms with van der Waals surface area (Å²) in [6.45, 7) is 2.02. The minimum atomic E-state index is -0.638. The molecular formula is C29H28FN5O2. The lowest BCUT2D eigenvalue weighted by molar-refractivity contribution is 0.383. The van der Waals surface area contributed by atoms with Crippen molar-refractivity contribution in [3.8, 4) is 22.8 Å². The minimum Gasteiger partial charge on any atom is -0.496 e. The van der Waals surface area contributed by atoms with Crippen LogP contribution in [-0.4, -0.2) is 29.2 Å². The average Bonchev–Trinajstić information content (AvgIpc) is 3.42. The number of para-hydroxylation sites is 1. The first-order chi connectivity index (χ1) is 18.0. The van der Waals surface area contributed by atoms with Crippen molar-refractivity contribution in [2.45, 2.75) is 19.4 Å². The summed E-state index contributed by atoms with van der Waals surface area (Å²) in [7, 11) is 3.10. The van der Waals surface area contributed by atoms with Crippen molar-refractivity contribution in [2.24, 2.45) is 0 Å². The van der Waals surface area contributed by atoms with Gasteiger partial charge in [-0.3, -0.25) is 0 Å². The number of anilines is 2. The van der Waals surface area contributed by atoms with Gasteiger partial charge in [0, 0.05) is 28.4 Å². The van der Waals surface area contributed by atoms with Crippen LogP contribution in [-0.2, 0) is 6.42 Å². The van der Waals surface area contributed by atoms with Crippen LogP contribution in [0.2, 0.25) is 0 Å². The summed E-state index contributed by atoms with van der Waals surface area (Å²) in [6.07, 6.45) is 4.12. The van der Waals surface area contributed by atoms with E-state index in [9.17, 15) is 0 Å². The van der Waals surface area contributed by atoms with Crippen LogP contribution in [0.5, 0.6) is 11.5 Å². The fourth-order valence-electron chi connectivity index (χ4n) is 4.48. The number of nitrogens with zero attached hydrogens (tertiary/aromatic N) is 2. The van der Waals surface area contributed by atoms with Crippen molar-refractivity contribution >= 4 is 22.3 Å². The number of hydrogen-bond acceptors (Lipinski definition) is 6. The van der Waals surface area contributed by atoms with Crippen LogP contribution in [0, 0.1) is 5.82 Å². The van der Waals surface area contributed by atoms with Crippen molar-refractivity contribution < 1.29 is 13.9 Å². The molecule has 5 rings (SSSR count). The molecule has 37 heavy (non-hydrogen) atoms. The SMILES string of the molecule is CCc1cc(OC)c(F)c(C(Nc2ccc3c(N)nccc3c2)c2ncc(-c3ccccc3OC)[nH]2)c1. The highest BCUT2D eigenvalue weighted by atomic mass is 19.1. The van der Waals surface area contributed by atoms with Gasteiger partial charge in [0.2, 0.25) is 0 Å². The Morgan fingerprint density at radius 1 is 1.00 bits per heavy atom. The Hall–Kier alpha value is -4.59. The molecule has 3 aromatic carbocycles. The number of methoxy groups -OCH3 is 2. The monoisotopic (exact) mass is 497 g/mol. The summed E-state index contributed by atoms with van der Waals surface area (Å²) in [5, 5.41) is 5.25. The number of aromatic nitrogens is 3. The van der Waals surface area contributed by atoms with Crippen LogP contribution < -0.4 is 20.5 Å². The van der Waals surface area contributed by atoms with Crippen molar-refractivity contribution in [1.29, 1.82) is 0 Å². The third kappa shape index (κ3) is 4.65. The van der Waals surface area contributed by atoms with E-state index in [2.05, 4.69) is 20.3 Å². The quantitative estimate of drug-likeness (QED) is 0.239. The van der Waals surface area contributed by atoms with Crippen LogP contribution >= 0.6 is 0 Å². The van der Waals surface area contributed by atoms with Crippen LogP contribution in [0.3, 0.4) is 0 Å². The number of aryl methyl sites for hydroxylation is 1. The highest BCUT2D eigenvalue weighted by molar-refractivity contribution is 5.93. The third-order valence-corrected chi connectivity index (χ3v) is 6.44. The molecule has 7 nitrogen and oxygen atoms in total. The Kier molecular flexibility index (Phi) is 6.64. The number of nitrogens with two attached hydrogens (primary N) is 1. The van der Waals surface area contributed by atoms with Gasteiger partial charge in [0.05, 0.1) is 26.1 Å². The average molecular weight is 498 g/mol. The maximum atomic E-state index is 15.7. The summed E-state index contributed by atoms with van der Waals surface area (Å²) < 4.78 is 26.6. The molecule has 0 aliphatic heterocycles. The topological polar surface area (TPSA) is 98.1 Å². The maximum absolute atomic E-state index is 15.7. The van der Waals surface area contributed by atoms with Crippen LogP contribution in [0.15, 0.2) is 73.1 Å². The highest BCUT2D eigenvalue weighted by Gasteiger charge is 2.25. The number of ether oxygens (including phenoxy) is 2. The van der Waals surface area contributed by atoms with Crippen LogP contribution in [0.1, 0.15) is 29.9 Å². The molecule has 0 aliphatic carbocycles. The molecule has 0 amide bonds. The summed E-state index contributed by atoms with van der Waals surface area (Å²) in [5.74, 6) is 1.46. The number of rotatable bonds is 8. The normalized spacial score (nSPS) is 11.9. The lowest BCUT2D eigenvalue weighted by Gasteiger charge is -2.21. The van der Waals surface area contributed by atoms with E-state index >= 15 is 4.39 Å². The molecule has 4 N–H and O–H groups in total. The van der Waals surface area contributed by atoms with Gasteiger partial charge in [-0.05, 0) is 59.8 Å². The summed E-state index contributed by atoms with van der Waals surface area (Å²) >= 11 is 0. The molecule has 0 bridgehead atoms. The van der Waals surface area contributed by atoms with E-state index in [1.165, 1.54) is 7.11 Å². The van der Waals surface area contributed by atoms with Gasteiger partial charge in [0.15, 0.2) is 11.6 Å². The van der Waals surface area contributed by atoms with Crippen molar-refractivity contribution in [3.63, 3.8) is 0 Å². The number of halogens is 1. The molecule has 0 fully saturated rings. The molecule has 0 saturated carbocycles. The Bertz CT molecular complexity index is 1570. The van der Waals surface area contributed by atoms with E-state index in [1.54, 1.807) is 25.6 Å². The number of H-pyrrole nitrogens is 1. The Morgan fingerprint density at radius 2 is 1.81 bits per heavy atom. The van der Waals surface area contributed by atoms with E-state index < -0.39 is 11.9 Å². The minimum absolute atomic E-state index is 0.190. The van der Waals surface area contributed by atoms with Gasteiger partial charge in [-0.15, -0.1) is 0 Å². The van der Waals surface area contributed by atoms with Gasteiger partial charge < -0.3 is 25.5 Å². The molecule has 1 atom stereocenters. The van der Waals surface area contributed by atoms with Crippen LogP contribution in [0.4, 0.5) is 15.9 Å². The van der Waals surface area contributed by atoms with Crippen LogP contribution in [0.25, 0.3) is 22.0 Å².